The van der Waals surface area contributed by atoms with Gasteiger partial charge in [-0.3, -0.25) is 0 Å². The predicted octanol–water partition coefficient (Wildman–Crippen LogP) is 1.57. The van der Waals surface area contributed by atoms with Crippen molar-refractivity contribution in [1.29, 1.82) is 0 Å². The van der Waals surface area contributed by atoms with E-state index in [1.54, 1.807) is 0 Å². The van der Waals surface area contributed by atoms with Crippen LogP contribution in [0.1, 0.15) is 32.1 Å². The van der Waals surface area contributed by atoms with Crippen LogP contribution in [0.15, 0.2) is 0 Å². The van der Waals surface area contributed by atoms with Gasteiger partial charge in [0.25, 0.3) is 0 Å². The largest absolute Gasteiger partial charge is 0.0533 e. The summed E-state index contributed by atoms with van der Waals surface area (Å²) in [6.07, 6.45) is 7.50. The quantitative estimate of drug-likeness (QED) is 0.414. The van der Waals surface area contributed by atoms with Crippen molar-refractivity contribution in [2.75, 3.05) is 0 Å². The molecule has 0 atom stereocenters. The van der Waals surface area contributed by atoms with E-state index in [2.05, 4.69) is 0 Å². The standard InChI is InChI=1S/C5H10.K/c1-2-4-5-3-1;/h1-5H2;. The maximum Gasteiger partial charge on any atom is 0 e. The summed E-state index contributed by atoms with van der Waals surface area (Å²) in [7, 11) is 0. The summed E-state index contributed by atoms with van der Waals surface area (Å²) in [6.45, 7) is 0. The predicted molar refractivity (Wildman–Crippen MR) is 28.8 cm³/mol. The van der Waals surface area contributed by atoms with Gasteiger partial charge in [-0.2, -0.15) is 0 Å². The molecule has 6 heavy (non-hydrogen) atoms. The Morgan fingerprint density at radius 2 is 0.667 bits per heavy atom. The summed E-state index contributed by atoms with van der Waals surface area (Å²) in [6, 6.07) is 0. The summed E-state index contributed by atoms with van der Waals surface area (Å²) in [4.78, 5) is 0. The first-order chi connectivity index (χ1) is 2.50. The Morgan fingerprint density at radius 3 is 0.833 bits per heavy atom. The van der Waals surface area contributed by atoms with Gasteiger partial charge in [-0.1, -0.05) is 32.1 Å². The third-order valence-electron chi connectivity index (χ3n) is 1.25. The maximum absolute atomic E-state index is 1.50. The van der Waals surface area contributed by atoms with Crippen molar-refractivity contribution >= 4 is 51.4 Å². The Bertz CT molecular complexity index is 15.5. The minimum Gasteiger partial charge on any atom is -0.0533 e. The second kappa shape index (κ2) is 4.79. The first kappa shape index (κ1) is 7.64. The molecule has 0 aromatic carbocycles. The summed E-state index contributed by atoms with van der Waals surface area (Å²) < 4.78 is 0. The molecule has 1 heteroatoms. The Kier molecular flexibility index (Phi) is 6.09. The number of hydrogen-bond donors (Lipinski definition) is 0. The second-order valence-corrected chi connectivity index (χ2v) is 1.77. The number of hydrogen-bond acceptors (Lipinski definition) is 0. The van der Waals surface area contributed by atoms with Gasteiger partial charge < -0.3 is 0 Å². The summed E-state index contributed by atoms with van der Waals surface area (Å²) >= 11 is 0. The molecule has 0 nitrogen and oxygen atoms in total. The van der Waals surface area contributed by atoms with Crippen LogP contribution in [0.25, 0.3) is 0 Å². The van der Waals surface area contributed by atoms with Crippen LogP contribution in [-0.4, -0.2) is 51.4 Å². The van der Waals surface area contributed by atoms with Gasteiger partial charge in [-0.05, 0) is 0 Å². The van der Waals surface area contributed by atoms with Gasteiger partial charge in [0.05, 0.1) is 0 Å². The Hall–Kier alpha value is 1.64. The zero-order chi connectivity index (χ0) is 3.54. The number of rotatable bonds is 0. The SMILES string of the molecule is C1CCCC1.[K]. The van der Waals surface area contributed by atoms with Gasteiger partial charge in [0.15, 0.2) is 0 Å². The van der Waals surface area contributed by atoms with Gasteiger partial charge >= 0.3 is 0 Å². The van der Waals surface area contributed by atoms with Crippen molar-refractivity contribution in [2.24, 2.45) is 0 Å². The average molecular weight is 109 g/mol. The van der Waals surface area contributed by atoms with Crippen LogP contribution in [0.2, 0.25) is 0 Å². The molecule has 31 valence electrons. The van der Waals surface area contributed by atoms with Crippen molar-refractivity contribution in [2.45, 2.75) is 32.1 Å². The third-order valence-corrected chi connectivity index (χ3v) is 1.25. The molecular formula is C5H10K. The van der Waals surface area contributed by atoms with Crippen LogP contribution in [0.3, 0.4) is 0 Å². The van der Waals surface area contributed by atoms with E-state index in [0.29, 0.717) is 0 Å². The fourth-order valence-corrected chi connectivity index (χ4v) is 0.884. The average Bonchev–Trinajstić information content (AvgIpc) is 1.76. The van der Waals surface area contributed by atoms with Crippen LogP contribution in [0, 0.1) is 0 Å². The van der Waals surface area contributed by atoms with Crippen molar-refractivity contribution < 1.29 is 0 Å². The first-order valence-electron chi connectivity index (χ1n) is 2.50. The van der Waals surface area contributed by atoms with E-state index in [1.165, 1.54) is 32.1 Å². The van der Waals surface area contributed by atoms with E-state index in [0.717, 1.165) is 0 Å². The molecule has 0 aliphatic heterocycles. The molecule has 0 aromatic heterocycles. The smallest absolute Gasteiger partial charge is 0 e. The van der Waals surface area contributed by atoms with E-state index in [9.17, 15) is 0 Å². The fourth-order valence-electron chi connectivity index (χ4n) is 0.884. The summed E-state index contributed by atoms with van der Waals surface area (Å²) in [5, 5.41) is 0. The molecule has 1 saturated carbocycles. The molecule has 0 bridgehead atoms. The fraction of sp³-hybridized carbons (Fsp3) is 1.00. The molecule has 1 rings (SSSR count). The molecule has 1 radical (unpaired) electrons. The molecule has 0 aromatic rings. The normalized spacial score (nSPS) is 20.0. The van der Waals surface area contributed by atoms with Crippen molar-refractivity contribution in [3.8, 4) is 0 Å². The molecule has 1 fully saturated rings. The molecule has 0 N–H and O–H groups in total. The van der Waals surface area contributed by atoms with Gasteiger partial charge in [0.1, 0.15) is 0 Å². The van der Waals surface area contributed by atoms with Crippen molar-refractivity contribution in [3.63, 3.8) is 0 Å². The molecule has 0 spiro atoms. The van der Waals surface area contributed by atoms with Crippen molar-refractivity contribution in [3.05, 3.63) is 0 Å². The molecule has 1 aliphatic carbocycles. The third kappa shape index (κ3) is 2.75. The molecular weight excluding hydrogens is 99.2 g/mol. The molecule has 0 amide bonds. The van der Waals surface area contributed by atoms with Crippen molar-refractivity contribution in [1.82, 2.24) is 0 Å². The first-order valence-corrected chi connectivity index (χ1v) is 2.50. The minimum absolute atomic E-state index is 0. The van der Waals surface area contributed by atoms with Gasteiger partial charge in [0, 0.05) is 51.4 Å². The molecule has 0 unspecified atom stereocenters. The minimum atomic E-state index is 0. The Labute approximate surface area is 82.1 Å². The maximum atomic E-state index is 1.50. The molecule has 1 aliphatic rings. The van der Waals surface area contributed by atoms with Gasteiger partial charge in [0.2, 0.25) is 0 Å². The summed E-state index contributed by atoms with van der Waals surface area (Å²) in [5.41, 5.74) is 0. The zero-order valence-electron chi connectivity index (χ0n) is 4.54. The van der Waals surface area contributed by atoms with E-state index in [-0.39, 0.29) is 51.4 Å². The van der Waals surface area contributed by atoms with Crippen LogP contribution < -0.4 is 0 Å². The van der Waals surface area contributed by atoms with Crippen LogP contribution in [-0.2, 0) is 0 Å². The monoisotopic (exact) mass is 109 g/mol. The second-order valence-electron chi connectivity index (χ2n) is 1.77. The molecule has 0 saturated heterocycles. The zero-order valence-corrected chi connectivity index (χ0v) is 7.66. The van der Waals surface area contributed by atoms with E-state index >= 15 is 0 Å². The topological polar surface area (TPSA) is 0 Å². The van der Waals surface area contributed by atoms with E-state index in [4.69, 9.17) is 0 Å². The van der Waals surface area contributed by atoms with Gasteiger partial charge in [-0.15, -0.1) is 0 Å². The van der Waals surface area contributed by atoms with Crippen LogP contribution >= 0.6 is 0 Å². The van der Waals surface area contributed by atoms with Gasteiger partial charge in [-0.25, -0.2) is 0 Å². The van der Waals surface area contributed by atoms with E-state index < -0.39 is 0 Å². The summed E-state index contributed by atoms with van der Waals surface area (Å²) in [5.74, 6) is 0. The van der Waals surface area contributed by atoms with Crippen LogP contribution in [0.5, 0.6) is 0 Å². The Morgan fingerprint density at radius 1 is 0.500 bits per heavy atom. The van der Waals surface area contributed by atoms with E-state index in [1.807, 2.05) is 0 Å². The Balaban J connectivity index is 0.000000250. The van der Waals surface area contributed by atoms with Crippen LogP contribution in [0.4, 0.5) is 0 Å². The molecule has 0 heterocycles.